The summed E-state index contributed by atoms with van der Waals surface area (Å²) in [4.78, 5) is 22.5. The molecule has 0 radical (unpaired) electrons. The molecule has 0 saturated carbocycles. The normalized spacial score (nSPS) is 10.2. The Balaban J connectivity index is 2.25. The molecule has 0 unspecified atom stereocenters. The molecule has 0 aliphatic carbocycles. The first-order valence-corrected chi connectivity index (χ1v) is 5.70. The van der Waals surface area contributed by atoms with Gasteiger partial charge < -0.3 is 15.5 Å². The molecule has 3 N–H and O–H groups in total. The van der Waals surface area contributed by atoms with Crippen molar-refractivity contribution in [3.8, 4) is 5.75 Å². The van der Waals surface area contributed by atoms with Crippen molar-refractivity contribution in [2.75, 3.05) is 5.32 Å². The topological polar surface area (TPSA) is 86.6 Å². The lowest BCUT2D eigenvalue weighted by molar-refractivity contribution is 0.0696. The number of hydrogen-bond acceptors (Lipinski definition) is 3. The van der Waals surface area contributed by atoms with Gasteiger partial charge in [-0.25, -0.2) is 13.6 Å². The molecular weight excluding hydrogens is 284 g/mol. The number of nitrogens with one attached hydrogen (secondary N) is 1. The van der Waals surface area contributed by atoms with Gasteiger partial charge in [-0.1, -0.05) is 0 Å². The number of phenolic OH excluding ortho intramolecular Hbond substituents is 1. The van der Waals surface area contributed by atoms with Crippen LogP contribution in [0.2, 0.25) is 0 Å². The molecule has 0 spiro atoms. The molecule has 2 aromatic carbocycles. The molecule has 0 saturated heterocycles. The SMILES string of the molecule is O=C(O)c1ccc(NC(=O)c2cc(F)cc(F)c2)c(O)c1. The van der Waals surface area contributed by atoms with Gasteiger partial charge in [0.05, 0.1) is 11.3 Å². The minimum atomic E-state index is -1.24. The molecule has 0 atom stereocenters. The molecule has 0 aliphatic rings. The van der Waals surface area contributed by atoms with E-state index in [1.54, 1.807) is 0 Å². The molecule has 0 aliphatic heterocycles. The van der Waals surface area contributed by atoms with Crippen LogP contribution in [0.15, 0.2) is 36.4 Å². The van der Waals surface area contributed by atoms with E-state index in [9.17, 15) is 23.5 Å². The molecule has 7 heteroatoms. The zero-order valence-corrected chi connectivity index (χ0v) is 10.4. The molecule has 5 nitrogen and oxygen atoms in total. The number of rotatable bonds is 3. The molecule has 0 bridgehead atoms. The summed E-state index contributed by atoms with van der Waals surface area (Å²) in [5, 5.41) is 20.6. The highest BCUT2D eigenvalue weighted by molar-refractivity contribution is 6.05. The van der Waals surface area contributed by atoms with E-state index in [4.69, 9.17) is 5.11 Å². The second kappa shape index (κ2) is 5.58. The van der Waals surface area contributed by atoms with Crippen molar-refractivity contribution in [1.29, 1.82) is 0 Å². The molecular formula is C14H9F2NO4. The third-order valence-corrected chi connectivity index (χ3v) is 2.62. The number of benzene rings is 2. The largest absolute Gasteiger partial charge is 0.506 e. The van der Waals surface area contributed by atoms with Gasteiger partial charge >= 0.3 is 5.97 Å². The maximum atomic E-state index is 13.0. The minimum Gasteiger partial charge on any atom is -0.506 e. The average Bonchev–Trinajstić information content (AvgIpc) is 2.39. The molecule has 0 fully saturated rings. The van der Waals surface area contributed by atoms with Crippen molar-refractivity contribution in [3.63, 3.8) is 0 Å². The average molecular weight is 293 g/mol. The van der Waals surface area contributed by atoms with E-state index in [0.717, 1.165) is 18.2 Å². The van der Waals surface area contributed by atoms with E-state index >= 15 is 0 Å². The first kappa shape index (κ1) is 14.4. The highest BCUT2D eigenvalue weighted by Gasteiger charge is 2.13. The second-order valence-electron chi connectivity index (χ2n) is 4.15. The number of carboxylic acid groups (broad SMARTS) is 1. The zero-order valence-electron chi connectivity index (χ0n) is 10.4. The van der Waals surface area contributed by atoms with Gasteiger partial charge in [0, 0.05) is 11.6 Å². The lowest BCUT2D eigenvalue weighted by atomic mass is 10.1. The molecule has 21 heavy (non-hydrogen) atoms. The van der Waals surface area contributed by atoms with E-state index in [1.807, 2.05) is 0 Å². The Morgan fingerprint density at radius 1 is 0.952 bits per heavy atom. The van der Waals surface area contributed by atoms with Crippen LogP contribution in [0.5, 0.6) is 5.75 Å². The number of amides is 1. The lowest BCUT2D eigenvalue weighted by Crippen LogP contribution is -2.13. The Hall–Kier alpha value is -2.96. The third-order valence-electron chi connectivity index (χ3n) is 2.62. The number of aromatic hydroxyl groups is 1. The number of halogens is 2. The van der Waals surface area contributed by atoms with Crippen molar-refractivity contribution < 1.29 is 28.6 Å². The summed E-state index contributed by atoms with van der Waals surface area (Å²) in [6.45, 7) is 0. The summed E-state index contributed by atoms with van der Waals surface area (Å²) in [6.07, 6.45) is 0. The zero-order chi connectivity index (χ0) is 15.6. The van der Waals surface area contributed by atoms with E-state index in [1.165, 1.54) is 12.1 Å². The standard InChI is InChI=1S/C14H9F2NO4/c15-9-3-8(4-10(16)6-9)13(19)17-11-2-1-7(14(20)21)5-12(11)18/h1-6,18H,(H,17,19)(H,20,21). The van der Waals surface area contributed by atoms with Crippen LogP contribution < -0.4 is 5.32 Å². The molecule has 2 aromatic rings. The minimum absolute atomic E-state index is 0.0744. The van der Waals surface area contributed by atoms with Crippen LogP contribution in [-0.4, -0.2) is 22.1 Å². The fourth-order valence-electron chi connectivity index (χ4n) is 1.65. The first-order chi connectivity index (χ1) is 9.86. The molecule has 2 rings (SSSR count). The van der Waals surface area contributed by atoms with Gasteiger partial charge in [0.15, 0.2) is 0 Å². The number of carboxylic acids is 1. The van der Waals surface area contributed by atoms with Gasteiger partial charge in [0.1, 0.15) is 17.4 Å². The van der Waals surface area contributed by atoms with Crippen molar-refractivity contribution in [2.45, 2.75) is 0 Å². The van der Waals surface area contributed by atoms with Gasteiger partial charge in [-0.15, -0.1) is 0 Å². The number of anilines is 1. The predicted molar refractivity (Wildman–Crippen MR) is 69.4 cm³/mol. The van der Waals surface area contributed by atoms with Crippen LogP contribution >= 0.6 is 0 Å². The number of phenols is 1. The Morgan fingerprint density at radius 3 is 2.10 bits per heavy atom. The Labute approximate surface area is 117 Å². The third kappa shape index (κ3) is 3.33. The first-order valence-electron chi connectivity index (χ1n) is 5.70. The highest BCUT2D eigenvalue weighted by Crippen LogP contribution is 2.25. The van der Waals surface area contributed by atoms with Crippen molar-refractivity contribution in [2.24, 2.45) is 0 Å². The van der Waals surface area contributed by atoms with Crippen LogP contribution in [-0.2, 0) is 0 Å². The van der Waals surface area contributed by atoms with Crippen molar-refractivity contribution >= 4 is 17.6 Å². The summed E-state index contributed by atoms with van der Waals surface area (Å²) >= 11 is 0. The molecule has 108 valence electrons. The van der Waals surface area contributed by atoms with Gasteiger partial charge in [0.2, 0.25) is 0 Å². The van der Waals surface area contributed by atoms with Gasteiger partial charge in [-0.3, -0.25) is 4.79 Å². The van der Waals surface area contributed by atoms with Crippen LogP contribution in [0.3, 0.4) is 0 Å². The number of carbonyl (C=O) groups excluding carboxylic acids is 1. The maximum Gasteiger partial charge on any atom is 0.335 e. The number of carbonyl (C=O) groups is 2. The summed E-state index contributed by atoms with van der Waals surface area (Å²) in [7, 11) is 0. The van der Waals surface area contributed by atoms with Gasteiger partial charge in [-0.05, 0) is 30.3 Å². The summed E-state index contributed by atoms with van der Waals surface area (Å²) in [5.41, 5.74) is -0.508. The van der Waals surface area contributed by atoms with Crippen LogP contribution in [0, 0.1) is 11.6 Å². The monoisotopic (exact) mass is 293 g/mol. The number of aromatic carboxylic acids is 1. The van der Waals surface area contributed by atoms with E-state index in [-0.39, 0.29) is 16.8 Å². The Morgan fingerprint density at radius 2 is 1.57 bits per heavy atom. The molecule has 0 heterocycles. The second-order valence-corrected chi connectivity index (χ2v) is 4.15. The fourth-order valence-corrected chi connectivity index (χ4v) is 1.65. The lowest BCUT2D eigenvalue weighted by Gasteiger charge is -2.08. The summed E-state index contributed by atoms with van der Waals surface area (Å²) < 4.78 is 26.0. The summed E-state index contributed by atoms with van der Waals surface area (Å²) in [5.74, 6) is -4.38. The van der Waals surface area contributed by atoms with Crippen molar-refractivity contribution in [3.05, 3.63) is 59.2 Å². The van der Waals surface area contributed by atoms with Crippen LogP contribution in [0.25, 0.3) is 0 Å². The van der Waals surface area contributed by atoms with Gasteiger partial charge in [0.25, 0.3) is 5.91 Å². The predicted octanol–water partition coefficient (Wildman–Crippen LogP) is 2.62. The van der Waals surface area contributed by atoms with Crippen LogP contribution in [0.1, 0.15) is 20.7 Å². The Bertz CT molecular complexity index is 711. The van der Waals surface area contributed by atoms with Gasteiger partial charge in [-0.2, -0.15) is 0 Å². The smallest absolute Gasteiger partial charge is 0.335 e. The van der Waals surface area contributed by atoms with Crippen molar-refractivity contribution in [1.82, 2.24) is 0 Å². The number of hydrogen-bond donors (Lipinski definition) is 3. The van der Waals surface area contributed by atoms with E-state index in [0.29, 0.717) is 6.07 Å². The van der Waals surface area contributed by atoms with Crippen LogP contribution in [0.4, 0.5) is 14.5 Å². The maximum absolute atomic E-state index is 13.0. The Kier molecular flexibility index (Phi) is 3.84. The molecule has 1 amide bonds. The fraction of sp³-hybridized carbons (Fsp3) is 0. The quantitative estimate of drug-likeness (QED) is 0.759. The molecule has 0 aromatic heterocycles. The highest BCUT2D eigenvalue weighted by atomic mass is 19.1. The van der Waals surface area contributed by atoms with E-state index < -0.39 is 29.3 Å². The van der Waals surface area contributed by atoms with E-state index in [2.05, 4.69) is 5.32 Å². The summed E-state index contributed by atoms with van der Waals surface area (Å²) in [6, 6.07) is 5.58.